The summed E-state index contributed by atoms with van der Waals surface area (Å²) in [7, 11) is 0. The molecular formula is C24H39N3O3S. The third-order valence-corrected chi connectivity index (χ3v) is 9.11. The maximum absolute atomic E-state index is 13.1. The summed E-state index contributed by atoms with van der Waals surface area (Å²) in [6.07, 6.45) is 4.80. The van der Waals surface area contributed by atoms with Crippen molar-refractivity contribution in [2.75, 3.05) is 38.2 Å². The fourth-order valence-corrected chi connectivity index (χ4v) is 7.54. The van der Waals surface area contributed by atoms with Gasteiger partial charge in [0.1, 0.15) is 0 Å². The number of anilines is 1. The molecule has 1 saturated heterocycles. The first-order valence-corrected chi connectivity index (χ1v) is 13.0. The summed E-state index contributed by atoms with van der Waals surface area (Å²) < 4.78 is 5.41. The number of carbonyl (C=O) groups is 1. The molecule has 1 aromatic rings. The number of morpholine rings is 1. The largest absolute Gasteiger partial charge is 0.392 e. The van der Waals surface area contributed by atoms with Crippen molar-refractivity contribution in [3.05, 3.63) is 10.6 Å². The van der Waals surface area contributed by atoms with E-state index in [0.717, 1.165) is 37.4 Å². The Bertz CT molecular complexity index is 778. The Kier molecular flexibility index (Phi) is 6.94. The second-order valence-electron chi connectivity index (χ2n) is 10.2. The van der Waals surface area contributed by atoms with Crippen LogP contribution in [0.5, 0.6) is 0 Å². The van der Waals surface area contributed by atoms with Crippen molar-refractivity contribution in [2.24, 2.45) is 23.2 Å². The van der Waals surface area contributed by atoms with E-state index < -0.39 is 6.10 Å². The number of thiazole rings is 1. The molecule has 0 bridgehead atoms. The van der Waals surface area contributed by atoms with E-state index in [9.17, 15) is 9.90 Å². The number of unbranched alkanes of at least 4 members (excludes halogenated alkanes) is 1. The Labute approximate surface area is 190 Å². The lowest BCUT2D eigenvalue weighted by atomic mass is 9.53. The number of amides is 1. The van der Waals surface area contributed by atoms with Crippen LogP contribution in [0.3, 0.4) is 0 Å². The molecule has 3 aliphatic rings. The van der Waals surface area contributed by atoms with E-state index in [-0.39, 0.29) is 35.0 Å². The average Bonchev–Trinajstić information content (AvgIpc) is 3.16. The smallest absolute Gasteiger partial charge is 0.225 e. The Morgan fingerprint density at radius 2 is 2.16 bits per heavy atom. The molecule has 1 aromatic heterocycles. The molecule has 2 fully saturated rings. The minimum Gasteiger partial charge on any atom is -0.392 e. The Hall–Kier alpha value is -1.18. The highest BCUT2D eigenvalue weighted by atomic mass is 32.1. The van der Waals surface area contributed by atoms with Crippen molar-refractivity contribution in [3.8, 4) is 0 Å². The molecule has 0 unspecified atom stereocenters. The van der Waals surface area contributed by atoms with Crippen molar-refractivity contribution >= 4 is 22.4 Å². The Morgan fingerprint density at radius 1 is 1.42 bits per heavy atom. The number of aromatic nitrogens is 1. The van der Waals surface area contributed by atoms with Crippen LogP contribution in [0, 0.1) is 23.2 Å². The van der Waals surface area contributed by atoms with Gasteiger partial charge in [-0.3, -0.25) is 4.79 Å². The first-order valence-electron chi connectivity index (χ1n) is 12.1. The standard InChI is InChI=1S/C24H39N3O3S/c1-5-6-9-25-23-26-20-16(3)19-21(28)17(7-8-24(19,4)14-18(20)31-23)15(2)22(29)27-10-12-30-13-11-27/h15-17,19,21,28H,5-14H2,1-4H3,(H,25,26)/t15-,16-,17+,19+,21-,24-/m0/s1. The number of aliphatic hydroxyl groups excluding tert-OH is 1. The number of hydrogen-bond donors (Lipinski definition) is 2. The van der Waals surface area contributed by atoms with Gasteiger partial charge in [0.05, 0.1) is 25.0 Å². The van der Waals surface area contributed by atoms with Crippen molar-refractivity contribution in [1.82, 2.24) is 9.88 Å². The highest BCUT2D eigenvalue weighted by Crippen LogP contribution is 2.57. The van der Waals surface area contributed by atoms with Gasteiger partial charge in [0.2, 0.25) is 5.91 Å². The van der Waals surface area contributed by atoms with Crippen LogP contribution in [0.2, 0.25) is 0 Å². The first-order chi connectivity index (χ1) is 14.9. The summed E-state index contributed by atoms with van der Waals surface area (Å²) in [5, 5.41) is 16.1. The van der Waals surface area contributed by atoms with Crippen molar-refractivity contribution in [1.29, 1.82) is 0 Å². The summed E-state index contributed by atoms with van der Waals surface area (Å²) in [5.74, 6) is 0.377. The topological polar surface area (TPSA) is 74.7 Å². The average molecular weight is 450 g/mol. The maximum Gasteiger partial charge on any atom is 0.225 e. The molecule has 31 heavy (non-hydrogen) atoms. The van der Waals surface area contributed by atoms with Crippen LogP contribution in [0.1, 0.15) is 69.9 Å². The van der Waals surface area contributed by atoms with Crippen LogP contribution in [0.4, 0.5) is 5.13 Å². The molecule has 2 heterocycles. The van der Waals surface area contributed by atoms with Gasteiger partial charge in [-0.1, -0.05) is 34.1 Å². The second kappa shape index (κ2) is 9.36. The summed E-state index contributed by atoms with van der Waals surface area (Å²) >= 11 is 1.80. The molecule has 174 valence electrons. The van der Waals surface area contributed by atoms with Crippen molar-refractivity contribution in [2.45, 2.75) is 71.8 Å². The van der Waals surface area contributed by atoms with Crippen LogP contribution >= 0.6 is 11.3 Å². The molecule has 2 aliphatic carbocycles. The van der Waals surface area contributed by atoms with Crippen LogP contribution in [-0.2, 0) is 16.0 Å². The molecule has 6 nitrogen and oxygen atoms in total. The molecular weight excluding hydrogens is 410 g/mol. The summed E-state index contributed by atoms with van der Waals surface area (Å²) in [4.78, 5) is 21.4. The summed E-state index contributed by atoms with van der Waals surface area (Å²) in [5.41, 5.74) is 1.23. The fraction of sp³-hybridized carbons (Fsp3) is 0.833. The lowest BCUT2D eigenvalue weighted by molar-refractivity contribution is -0.148. The Morgan fingerprint density at radius 3 is 2.87 bits per heavy atom. The third-order valence-electron chi connectivity index (χ3n) is 8.08. The molecule has 0 spiro atoms. The predicted molar refractivity (Wildman–Crippen MR) is 125 cm³/mol. The third kappa shape index (κ3) is 4.38. The van der Waals surface area contributed by atoms with Gasteiger partial charge in [-0.15, -0.1) is 11.3 Å². The number of nitrogens with zero attached hydrogens (tertiary/aromatic N) is 2. The number of hydrogen-bond acceptors (Lipinski definition) is 6. The van der Waals surface area contributed by atoms with Gasteiger partial charge >= 0.3 is 0 Å². The fourth-order valence-electron chi connectivity index (χ4n) is 6.25. The second-order valence-corrected chi connectivity index (χ2v) is 11.3. The molecule has 0 aromatic carbocycles. The molecule has 1 aliphatic heterocycles. The zero-order valence-corrected chi connectivity index (χ0v) is 20.3. The van der Waals surface area contributed by atoms with Gasteiger partial charge in [0.15, 0.2) is 5.13 Å². The van der Waals surface area contributed by atoms with Gasteiger partial charge in [0.25, 0.3) is 0 Å². The number of nitrogens with one attached hydrogen (secondary N) is 1. The number of carbonyl (C=O) groups excluding carboxylic acids is 1. The van der Waals surface area contributed by atoms with E-state index in [1.54, 1.807) is 11.3 Å². The lowest BCUT2D eigenvalue weighted by Crippen LogP contribution is -2.54. The van der Waals surface area contributed by atoms with E-state index in [0.29, 0.717) is 26.3 Å². The Balaban J connectivity index is 1.51. The molecule has 6 atom stereocenters. The maximum atomic E-state index is 13.1. The van der Waals surface area contributed by atoms with Gasteiger partial charge in [-0.05, 0) is 42.9 Å². The van der Waals surface area contributed by atoms with E-state index in [4.69, 9.17) is 9.72 Å². The SMILES string of the molecule is CCCCNc1nc2c(s1)C[C@]1(C)CC[C@H]([C@H](C)C(=O)N3CCOCC3)[C@H](O)[C@H]1[C@@H]2C. The van der Waals surface area contributed by atoms with Crippen LogP contribution in [-0.4, -0.2) is 59.8 Å². The molecule has 7 heteroatoms. The van der Waals surface area contributed by atoms with Crippen LogP contribution in [0.15, 0.2) is 0 Å². The molecule has 4 rings (SSSR count). The van der Waals surface area contributed by atoms with E-state index >= 15 is 0 Å². The molecule has 2 N–H and O–H groups in total. The minimum absolute atomic E-state index is 0.0122. The summed E-state index contributed by atoms with van der Waals surface area (Å²) in [6.45, 7) is 12.3. The number of ether oxygens (including phenoxy) is 1. The van der Waals surface area contributed by atoms with Crippen molar-refractivity contribution in [3.63, 3.8) is 0 Å². The van der Waals surface area contributed by atoms with Gasteiger partial charge in [-0.2, -0.15) is 0 Å². The van der Waals surface area contributed by atoms with Gasteiger partial charge < -0.3 is 20.1 Å². The lowest BCUT2D eigenvalue weighted by Gasteiger charge is -2.53. The minimum atomic E-state index is -0.472. The first kappa shape index (κ1) is 23.0. The van der Waals surface area contributed by atoms with Gasteiger partial charge in [0, 0.05) is 36.3 Å². The summed E-state index contributed by atoms with van der Waals surface area (Å²) in [6, 6.07) is 0. The zero-order valence-electron chi connectivity index (χ0n) is 19.5. The number of aliphatic hydroxyl groups is 1. The molecule has 1 saturated carbocycles. The van der Waals surface area contributed by atoms with Gasteiger partial charge in [-0.25, -0.2) is 4.98 Å². The van der Waals surface area contributed by atoms with E-state index in [2.05, 4.69) is 26.1 Å². The highest BCUT2D eigenvalue weighted by molar-refractivity contribution is 7.15. The quantitative estimate of drug-likeness (QED) is 0.644. The van der Waals surface area contributed by atoms with Crippen LogP contribution < -0.4 is 5.32 Å². The normalized spacial score (nSPS) is 34.0. The molecule has 1 amide bonds. The zero-order chi connectivity index (χ0) is 22.2. The van der Waals surface area contributed by atoms with Crippen molar-refractivity contribution < 1.29 is 14.6 Å². The monoisotopic (exact) mass is 449 g/mol. The van der Waals surface area contributed by atoms with Crippen LogP contribution in [0.25, 0.3) is 0 Å². The van der Waals surface area contributed by atoms with E-state index in [1.165, 1.54) is 17.0 Å². The predicted octanol–water partition coefficient (Wildman–Crippen LogP) is 3.90. The highest BCUT2D eigenvalue weighted by Gasteiger charge is 2.54. The molecule has 0 radical (unpaired) electrons. The number of rotatable bonds is 6. The number of fused-ring (bicyclic) bond motifs is 2. The van der Waals surface area contributed by atoms with E-state index in [1.807, 2.05) is 11.8 Å².